The molecule has 0 N–H and O–H groups in total. The number of allylic oxidation sites excluding steroid dienone is 5. The van der Waals surface area contributed by atoms with Gasteiger partial charge in [-0.1, -0.05) is 0 Å². The van der Waals surface area contributed by atoms with E-state index < -0.39 is 0 Å². The molecule has 3 aliphatic rings. The molecule has 32 heavy (non-hydrogen) atoms. The Labute approximate surface area is 204 Å². The molecule has 0 radical (unpaired) electrons. The first-order chi connectivity index (χ1) is 15.7. The molecule has 5 heteroatoms. The standard InChI is InChI=1S/C27H17NO2Te2/c29-25-17-3-1-2-4-18(17)26(30)21(25)12-15-5-6-16(11-15)28-13-22-19-7-8-23-20(9-10-31-23)27(19)32-24(22)14-28/h1-10,12H,11,13-14H2. The first kappa shape index (κ1) is 19.3. The van der Waals surface area contributed by atoms with Crippen molar-refractivity contribution < 1.29 is 9.59 Å². The molecule has 0 unspecified atom stereocenters. The maximum absolute atomic E-state index is 12.7. The van der Waals surface area contributed by atoms with E-state index in [0.29, 0.717) is 16.7 Å². The normalized spacial score (nSPS) is 17.4. The number of carbonyl (C=O) groups is 2. The minimum absolute atomic E-state index is 0.0899. The van der Waals surface area contributed by atoms with Crippen LogP contribution in [0, 0.1) is 0 Å². The first-order valence-electron chi connectivity index (χ1n) is 10.6. The van der Waals surface area contributed by atoms with E-state index in [1.54, 1.807) is 33.5 Å². The van der Waals surface area contributed by atoms with E-state index in [9.17, 15) is 9.59 Å². The van der Waals surface area contributed by atoms with Crippen LogP contribution in [0.5, 0.6) is 0 Å². The summed E-state index contributed by atoms with van der Waals surface area (Å²) in [5.41, 5.74) is 5.27. The van der Waals surface area contributed by atoms with Gasteiger partial charge in [-0.05, 0) is 0 Å². The summed E-state index contributed by atoms with van der Waals surface area (Å²) in [5.74, 6) is -0.290. The van der Waals surface area contributed by atoms with Crippen molar-refractivity contribution in [3.63, 3.8) is 0 Å². The summed E-state index contributed by atoms with van der Waals surface area (Å²) >= 11 is -0.368. The van der Waals surface area contributed by atoms with Crippen LogP contribution in [0.1, 0.15) is 36.3 Å². The van der Waals surface area contributed by atoms with Gasteiger partial charge in [0, 0.05) is 0 Å². The molecule has 7 rings (SSSR count). The van der Waals surface area contributed by atoms with E-state index in [1.165, 1.54) is 11.1 Å². The zero-order valence-corrected chi connectivity index (χ0v) is 21.7. The molecule has 3 heterocycles. The Balaban J connectivity index is 1.12. The summed E-state index contributed by atoms with van der Waals surface area (Å²) in [6, 6.07) is 14.3. The second-order valence-electron chi connectivity index (χ2n) is 8.47. The molecule has 2 aliphatic carbocycles. The summed E-state index contributed by atoms with van der Waals surface area (Å²) in [6.45, 7) is 2.02. The molecular formula is C27H17NO2Te2. The van der Waals surface area contributed by atoms with E-state index in [2.05, 4.69) is 39.3 Å². The van der Waals surface area contributed by atoms with Gasteiger partial charge in [-0.25, -0.2) is 0 Å². The molecule has 0 saturated heterocycles. The van der Waals surface area contributed by atoms with E-state index >= 15 is 0 Å². The van der Waals surface area contributed by atoms with Crippen molar-refractivity contribution in [1.82, 2.24) is 4.90 Å². The van der Waals surface area contributed by atoms with Crippen molar-refractivity contribution in [3.8, 4) is 0 Å². The van der Waals surface area contributed by atoms with E-state index in [4.69, 9.17) is 0 Å². The molecule has 154 valence electrons. The van der Waals surface area contributed by atoms with Gasteiger partial charge in [-0.2, -0.15) is 0 Å². The van der Waals surface area contributed by atoms with Crippen LogP contribution in [0.3, 0.4) is 0 Å². The van der Waals surface area contributed by atoms with Crippen LogP contribution in [-0.2, 0) is 13.1 Å². The molecule has 0 atom stereocenters. The van der Waals surface area contributed by atoms with Gasteiger partial charge in [0.15, 0.2) is 0 Å². The zero-order valence-electron chi connectivity index (χ0n) is 17.1. The summed E-state index contributed by atoms with van der Waals surface area (Å²) in [6.07, 6.45) is 6.84. The van der Waals surface area contributed by atoms with Gasteiger partial charge in [0.25, 0.3) is 0 Å². The van der Waals surface area contributed by atoms with Crippen LogP contribution in [0.4, 0.5) is 0 Å². The van der Waals surface area contributed by atoms with Gasteiger partial charge >= 0.3 is 206 Å². The predicted octanol–water partition coefficient (Wildman–Crippen LogP) is 4.64. The van der Waals surface area contributed by atoms with Gasteiger partial charge < -0.3 is 0 Å². The number of nitrogens with zero attached hydrogens (tertiary/aromatic N) is 1. The molecule has 2 aromatic carbocycles. The fourth-order valence-corrected chi connectivity index (χ4v) is 11.8. The van der Waals surface area contributed by atoms with Crippen LogP contribution in [0.25, 0.3) is 17.6 Å². The molecule has 0 bridgehead atoms. The molecule has 2 aromatic heterocycles. The third kappa shape index (κ3) is 2.79. The number of hydrogen-bond acceptors (Lipinski definition) is 3. The molecule has 0 fully saturated rings. The van der Waals surface area contributed by atoms with Crippen molar-refractivity contribution in [2.75, 3.05) is 0 Å². The van der Waals surface area contributed by atoms with Crippen molar-refractivity contribution >= 4 is 70.0 Å². The Hall–Kier alpha value is -2.14. The predicted molar refractivity (Wildman–Crippen MR) is 129 cm³/mol. The van der Waals surface area contributed by atoms with Crippen LogP contribution < -0.4 is 0 Å². The molecule has 1 aliphatic heterocycles. The van der Waals surface area contributed by atoms with Gasteiger partial charge in [0.2, 0.25) is 0 Å². The Morgan fingerprint density at radius 1 is 0.875 bits per heavy atom. The number of ketones is 2. The van der Waals surface area contributed by atoms with E-state index in [-0.39, 0.29) is 52.4 Å². The minimum atomic E-state index is -0.279. The number of fused-ring (bicyclic) bond motifs is 6. The number of rotatable bonds is 2. The number of carbonyl (C=O) groups excluding carboxylic acids is 2. The molecule has 0 spiro atoms. The molecule has 3 nitrogen and oxygen atoms in total. The Kier molecular flexibility index (Phi) is 4.34. The first-order valence-corrected chi connectivity index (χ1v) is 15.5. The quantitative estimate of drug-likeness (QED) is 0.182. The molecule has 0 saturated carbocycles. The van der Waals surface area contributed by atoms with Crippen molar-refractivity contribution in [1.29, 1.82) is 0 Å². The summed E-state index contributed by atoms with van der Waals surface area (Å²) in [4.78, 5) is 27.9. The second kappa shape index (κ2) is 7.18. The van der Waals surface area contributed by atoms with Gasteiger partial charge in [-0.3, -0.25) is 0 Å². The third-order valence-corrected chi connectivity index (χ3v) is 12.8. The summed E-state index contributed by atoms with van der Waals surface area (Å²) in [7, 11) is 0. The Bertz CT molecular complexity index is 1560. The molecule has 0 amide bonds. The Morgan fingerprint density at radius 3 is 2.50 bits per heavy atom. The van der Waals surface area contributed by atoms with Crippen LogP contribution in [0.15, 0.2) is 81.6 Å². The molecule has 4 aromatic rings. The monoisotopic (exact) mass is 647 g/mol. The van der Waals surface area contributed by atoms with Crippen molar-refractivity contribution in [2.45, 2.75) is 19.5 Å². The van der Waals surface area contributed by atoms with Crippen molar-refractivity contribution in [2.24, 2.45) is 0 Å². The van der Waals surface area contributed by atoms with Crippen molar-refractivity contribution in [3.05, 3.63) is 102 Å². The zero-order chi connectivity index (χ0) is 21.4. The summed E-state index contributed by atoms with van der Waals surface area (Å²) < 4.78 is 7.40. The maximum atomic E-state index is 12.7. The number of benzene rings is 2. The van der Waals surface area contributed by atoms with E-state index in [1.807, 2.05) is 18.2 Å². The number of hydrogen-bond donors (Lipinski definition) is 0. The van der Waals surface area contributed by atoms with Crippen LogP contribution >= 0.6 is 0 Å². The van der Waals surface area contributed by atoms with Crippen LogP contribution in [-0.4, -0.2) is 57.3 Å². The number of Topliss-reactive ketones (excluding diaryl/α,β-unsaturated/α-hetero) is 2. The Morgan fingerprint density at radius 2 is 1.69 bits per heavy atom. The van der Waals surface area contributed by atoms with E-state index in [0.717, 1.165) is 25.1 Å². The second-order valence-corrected chi connectivity index (χ2v) is 14.3. The SMILES string of the molecule is O=C1C(=CC2=CC=C(N3Cc4[te]c5c(ccc6[te]ccc65)c4C3)C2)C(=O)c2ccccc21. The fourth-order valence-electron chi connectivity index (χ4n) is 5.06. The topological polar surface area (TPSA) is 37.4 Å². The van der Waals surface area contributed by atoms with Gasteiger partial charge in [-0.15, -0.1) is 0 Å². The third-order valence-electron chi connectivity index (χ3n) is 6.67. The van der Waals surface area contributed by atoms with Gasteiger partial charge in [0.1, 0.15) is 0 Å². The average Bonchev–Trinajstić information content (AvgIpc) is 3.60. The fraction of sp³-hybridized carbons (Fsp3) is 0.111. The summed E-state index contributed by atoms with van der Waals surface area (Å²) in [5, 5.41) is 3.08. The molecular weight excluding hydrogens is 626 g/mol. The van der Waals surface area contributed by atoms with Gasteiger partial charge in [0.05, 0.1) is 0 Å². The average molecular weight is 643 g/mol. The van der Waals surface area contributed by atoms with Crippen LogP contribution in [0.2, 0.25) is 0 Å².